The highest BCUT2D eigenvalue weighted by Crippen LogP contribution is 2.34. The van der Waals surface area contributed by atoms with Gasteiger partial charge >= 0.3 is 10.1 Å². The SMILES string of the molecule is CS(=O)(=O)ON=C(N)NC(=O)c1cccc(C2=CCOc3ccc(F)cc32)c1. The van der Waals surface area contributed by atoms with Crippen LogP contribution in [0.5, 0.6) is 5.75 Å². The standard InChI is InChI=1S/C18H16FN3O5S/c1-28(24,25)27-22-18(20)21-17(23)12-4-2-3-11(9-12)14-7-8-26-16-6-5-13(19)10-15(14)16/h2-7,9-10H,8H2,1H3,(H3,20,21,22,23). The molecule has 28 heavy (non-hydrogen) atoms. The summed E-state index contributed by atoms with van der Waals surface area (Å²) in [5.41, 5.74) is 7.64. The first-order valence-corrected chi connectivity index (χ1v) is 9.81. The fraction of sp³-hybridized carbons (Fsp3) is 0.111. The molecule has 1 amide bonds. The predicted octanol–water partition coefficient (Wildman–Crippen LogP) is 1.59. The predicted molar refractivity (Wildman–Crippen MR) is 100 cm³/mol. The zero-order chi connectivity index (χ0) is 20.3. The number of nitrogens with zero attached hydrogens (tertiary/aromatic N) is 1. The van der Waals surface area contributed by atoms with E-state index in [0.29, 0.717) is 23.5 Å². The molecule has 3 rings (SSSR count). The number of fused-ring (bicyclic) bond motifs is 1. The lowest BCUT2D eigenvalue weighted by Crippen LogP contribution is -2.37. The Morgan fingerprint density at radius 1 is 1.29 bits per heavy atom. The molecule has 0 unspecified atom stereocenters. The van der Waals surface area contributed by atoms with E-state index in [9.17, 15) is 17.6 Å². The smallest absolute Gasteiger partial charge is 0.325 e. The summed E-state index contributed by atoms with van der Waals surface area (Å²) in [7, 11) is -3.84. The number of benzene rings is 2. The first kappa shape index (κ1) is 19.4. The lowest BCUT2D eigenvalue weighted by molar-refractivity contribution is 0.0975. The van der Waals surface area contributed by atoms with Crippen LogP contribution in [0.1, 0.15) is 21.5 Å². The maximum Gasteiger partial charge on any atom is 0.325 e. The number of oxime groups is 1. The number of carbonyl (C=O) groups is 1. The van der Waals surface area contributed by atoms with Gasteiger partial charge in [-0.25, -0.2) is 4.39 Å². The van der Waals surface area contributed by atoms with E-state index in [1.165, 1.54) is 18.2 Å². The van der Waals surface area contributed by atoms with E-state index in [1.54, 1.807) is 30.3 Å². The summed E-state index contributed by atoms with van der Waals surface area (Å²) in [5, 5.41) is 5.34. The van der Waals surface area contributed by atoms with E-state index in [0.717, 1.165) is 11.8 Å². The van der Waals surface area contributed by atoms with E-state index in [-0.39, 0.29) is 5.56 Å². The average Bonchev–Trinajstić information content (AvgIpc) is 2.65. The summed E-state index contributed by atoms with van der Waals surface area (Å²) in [5.74, 6) is -0.993. The van der Waals surface area contributed by atoms with Crippen LogP contribution in [0, 0.1) is 5.82 Å². The first-order chi connectivity index (χ1) is 13.2. The molecule has 0 aromatic heterocycles. The van der Waals surface area contributed by atoms with Gasteiger partial charge in [0.2, 0.25) is 5.96 Å². The van der Waals surface area contributed by atoms with Crippen molar-refractivity contribution in [2.75, 3.05) is 12.9 Å². The number of hydrogen-bond acceptors (Lipinski definition) is 6. The second kappa shape index (κ2) is 7.69. The van der Waals surface area contributed by atoms with Crippen LogP contribution in [-0.4, -0.2) is 33.1 Å². The van der Waals surface area contributed by atoms with Crippen molar-refractivity contribution in [2.24, 2.45) is 10.9 Å². The lowest BCUT2D eigenvalue weighted by Gasteiger charge is -2.19. The number of ether oxygens (including phenoxy) is 1. The van der Waals surface area contributed by atoms with Crippen molar-refractivity contribution in [1.82, 2.24) is 5.32 Å². The quantitative estimate of drug-likeness (QED) is 0.453. The second-order valence-electron chi connectivity index (χ2n) is 5.86. The average molecular weight is 405 g/mol. The highest BCUT2D eigenvalue weighted by molar-refractivity contribution is 7.85. The van der Waals surface area contributed by atoms with Crippen molar-refractivity contribution in [3.8, 4) is 5.75 Å². The van der Waals surface area contributed by atoms with Gasteiger partial charge in [-0.3, -0.25) is 14.4 Å². The third-order valence-corrected chi connectivity index (χ3v) is 4.05. The van der Waals surface area contributed by atoms with Crippen molar-refractivity contribution in [1.29, 1.82) is 0 Å². The molecular weight excluding hydrogens is 389 g/mol. The van der Waals surface area contributed by atoms with Gasteiger partial charge in [-0.05, 0) is 52.7 Å². The van der Waals surface area contributed by atoms with Gasteiger partial charge in [-0.1, -0.05) is 12.1 Å². The molecule has 8 nitrogen and oxygen atoms in total. The van der Waals surface area contributed by atoms with Crippen LogP contribution < -0.4 is 15.8 Å². The molecule has 3 N–H and O–H groups in total. The summed E-state index contributed by atoms with van der Waals surface area (Å²) in [6, 6.07) is 10.8. The molecule has 0 aliphatic carbocycles. The Labute approximate surface area is 160 Å². The van der Waals surface area contributed by atoms with Crippen molar-refractivity contribution < 1.29 is 26.6 Å². The van der Waals surface area contributed by atoms with Gasteiger partial charge in [-0.15, -0.1) is 0 Å². The zero-order valence-corrected chi connectivity index (χ0v) is 15.5. The Kier molecular flexibility index (Phi) is 5.32. The van der Waals surface area contributed by atoms with Crippen LogP contribution in [0.3, 0.4) is 0 Å². The molecule has 0 saturated heterocycles. The van der Waals surface area contributed by atoms with E-state index < -0.39 is 27.8 Å². The largest absolute Gasteiger partial charge is 0.489 e. The number of amides is 1. The zero-order valence-electron chi connectivity index (χ0n) is 14.7. The van der Waals surface area contributed by atoms with E-state index in [1.807, 2.05) is 0 Å². The molecule has 0 fully saturated rings. The molecule has 1 aliphatic rings. The number of rotatable bonds is 4. The minimum atomic E-state index is -3.84. The summed E-state index contributed by atoms with van der Waals surface area (Å²) in [6.45, 7) is 0.312. The van der Waals surface area contributed by atoms with Crippen LogP contribution in [0.2, 0.25) is 0 Å². The minimum Gasteiger partial charge on any atom is -0.489 e. The molecule has 0 atom stereocenters. The topological polar surface area (TPSA) is 120 Å². The van der Waals surface area contributed by atoms with Gasteiger partial charge in [0.1, 0.15) is 18.2 Å². The van der Waals surface area contributed by atoms with E-state index in [2.05, 4.69) is 14.8 Å². The fourth-order valence-corrected chi connectivity index (χ4v) is 2.80. The molecule has 0 radical (unpaired) electrons. The van der Waals surface area contributed by atoms with Crippen LogP contribution in [0.15, 0.2) is 53.7 Å². The van der Waals surface area contributed by atoms with Gasteiger partial charge in [0.15, 0.2) is 0 Å². The summed E-state index contributed by atoms with van der Waals surface area (Å²) < 4.78 is 45.1. The van der Waals surface area contributed by atoms with Crippen molar-refractivity contribution >= 4 is 27.6 Å². The molecule has 146 valence electrons. The minimum absolute atomic E-state index is 0.236. The second-order valence-corrected chi connectivity index (χ2v) is 7.42. The number of halogens is 1. The van der Waals surface area contributed by atoms with Gasteiger partial charge < -0.3 is 10.5 Å². The molecule has 2 aromatic carbocycles. The van der Waals surface area contributed by atoms with Crippen LogP contribution in [0.4, 0.5) is 4.39 Å². The first-order valence-electron chi connectivity index (χ1n) is 8.00. The van der Waals surface area contributed by atoms with E-state index >= 15 is 0 Å². The normalized spacial score (nSPS) is 13.8. The maximum absolute atomic E-state index is 13.7. The molecule has 0 saturated carbocycles. The number of guanidine groups is 1. The Bertz CT molecular complexity index is 1100. The third-order valence-electron chi connectivity index (χ3n) is 3.71. The summed E-state index contributed by atoms with van der Waals surface area (Å²) in [4.78, 5) is 12.3. The molecule has 0 spiro atoms. The molecule has 1 heterocycles. The Balaban J connectivity index is 1.85. The molecule has 2 aromatic rings. The third kappa shape index (κ3) is 4.65. The highest BCUT2D eigenvalue weighted by atomic mass is 32.2. The summed E-state index contributed by atoms with van der Waals surface area (Å²) in [6.07, 6.45) is 2.58. The van der Waals surface area contributed by atoms with Crippen molar-refractivity contribution in [2.45, 2.75) is 0 Å². The van der Waals surface area contributed by atoms with Crippen LogP contribution in [-0.2, 0) is 14.4 Å². The Morgan fingerprint density at radius 3 is 2.82 bits per heavy atom. The lowest BCUT2D eigenvalue weighted by atomic mass is 9.94. The van der Waals surface area contributed by atoms with Crippen molar-refractivity contribution in [3.63, 3.8) is 0 Å². The highest BCUT2D eigenvalue weighted by Gasteiger charge is 2.17. The Hall–Kier alpha value is -3.40. The molecular formula is C18H16FN3O5S. The number of nitrogens with one attached hydrogen (secondary N) is 1. The van der Waals surface area contributed by atoms with Gasteiger partial charge in [0.05, 0.1) is 6.26 Å². The van der Waals surface area contributed by atoms with Crippen LogP contribution in [0.25, 0.3) is 5.57 Å². The van der Waals surface area contributed by atoms with Crippen LogP contribution >= 0.6 is 0 Å². The molecule has 1 aliphatic heterocycles. The van der Waals surface area contributed by atoms with Gasteiger partial charge in [-0.2, -0.15) is 8.42 Å². The Morgan fingerprint density at radius 2 is 2.07 bits per heavy atom. The van der Waals surface area contributed by atoms with E-state index in [4.69, 9.17) is 10.5 Å². The summed E-state index contributed by atoms with van der Waals surface area (Å²) >= 11 is 0. The maximum atomic E-state index is 13.7. The molecule has 0 bridgehead atoms. The number of hydrogen-bond donors (Lipinski definition) is 2. The fourth-order valence-electron chi connectivity index (χ4n) is 2.58. The van der Waals surface area contributed by atoms with Gasteiger partial charge in [0, 0.05) is 11.1 Å². The number of nitrogens with two attached hydrogens (primary N) is 1. The van der Waals surface area contributed by atoms with Gasteiger partial charge in [0.25, 0.3) is 5.91 Å². The van der Waals surface area contributed by atoms with Crippen molar-refractivity contribution in [3.05, 3.63) is 71.0 Å². The molecule has 10 heteroatoms. The number of carbonyl (C=O) groups excluding carboxylic acids is 1. The monoisotopic (exact) mass is 405 g/mol.